The van der Waals surface area contributed by atoms with Crippen molar-refractivity contribution >= 4 is 23.0 Å². The van der Waals surface area contributed by atoms with Gasteiger partial charge in [0.2, 0.25) is 11.6 Å². The van der Waals surface area contributed by atoms with Gasteiger partial charge >= 0.3 is 5.69 Å². The van der Waals surface area contributed by atoms with Gasteiger partial charge in [-0.2, -0.15) is 0 Å². The van der Waals surface area contributed by atoms with Crippen LogP contribution >= 0.6 is 0 Å². The molecule has 0 spiro atoms. The number of benzene rings is 1. The molecule has 1 heterocycles. The first-order valence-electron chi connectivity index (χ1n) is 5.84. The maximum atomic E-state index is 13.1. The average Bonchev–Trinajstić information content (AvgIpc) is 2.48. The molecule has 2 N–H and O–H groups in total. The minimum atomic E-state index is -0.607. The minimum absolute atomic E-state index is 0.0238. The van der Waals surface area contributed by atoms with Gasteiger partial charge in [0.1, 0.15) is 17.9 Å². The molecule has 0 amide bonds. The number of hydrogen-bond donors (Lipinski definition) is 2. The largest absolute Gasteiger partial charge is 0.494 e. The summed E-state index contributed by atoms with van der Waals surface area (Å²) in [6.45, 7) is 0. The second-order valence-corrected chi connectivity index (χ2v) is 3.90. The Bertz CT molecular complexity index is 680. The first-order chi connectivity index (χ1) is 10.1. The summed E-state index contributed by atoms with van der Waals surface area (Å²) < 4.78 is 18.2. The van der Waals surface area contributed by atoms with Gasteiger partial charge in [-0.05, 0) is 12.1 Å². The molecular weight excluding hydrogens is 281 g/mol. The number of rotatable bonds is 5. The van der Waals surface area contributed by atoms with Crippen LogP contribution in [-0.4, -0.2) is 29.0 Å². The molecule has 9 heteroatoms. The first kappa shape index (κ1) is 14.4. The molecule has 2 rings (SSSR count). The number of nitrogens with zero attached hydrogens (tertiary/aromatic N) is 3. The van der Waals surface area contributed by atoms with Crippen molar-refractivity contribution in [3.05, 3.63) is 40.5 Å². The van der Waals surface area contributed by atoms with Crippen LogP contribution < -0.4 is 15.4 Å². The Morgan fingerprint density at radius 1 is 1.33 bits per heavy atom. The van der Waals surface area contributed by atoms with Gasteiger partial charge in [-0.15, -0.1) is 0 Å². The summed E-state index contributed by atoms with van der Waals surface area (Å²) in [4.78, 5) is 18.2. The van der Waals surface area contributed by atoms with Gasteiger partial charge < -0.3 is 15.4 Å². The molecule has 110 valence electrons. The highest BCUT2D eigenvalue weighted by molar-refractivity contribution is 5.75. The fraction of sp³-hybridized carbons (Fsp3) is 0.167. The number of halogens is 1. The molecule has 2 aromatic rings. The van der Waals surface area contributed by atoms with E-state index < -0.39 is 10.7 Å². The molecule has 0 bridgehead atoms. The Morgan fingerprint density at radius 3 is 2.67 bits per heavy atom. The van der Waals surface area contributed by atoms with E-state index >= 15 is 0 Å². The summed E-state index contributed by atoms with van der Waals surface area (Å²) in [7, 11) is 2.88. The van der Waals surface area contributed by atoms with Crippen molar-refractivity contribution in [2.75, 3.05) is 24.8 Å². The van der Waals surface area contributed by atoms with E-state index in [9.17, 15) is 14.5 Å². The molecule has 0 aliphatic heterocycles. The van der Waals surface area contributed by atoms with Crippen LogP contribution in [0.3, 0.4) is 0 Å². The lowest BCUT2D eigenvalue weighted by atomic mass is 10.2. The predicted octanol–water partition coefficient (Wildman–Crippen LogP) is 2.32. The van der Waals surface area contributed by atoms with Crippen LogP contribution in [0.5, 0.6) is 5.75 Å². The third kappa shape index (κ3) is 2.96. The lowest BCUT2D eigenvalue weighted by molar-refractivity contribution is -0.383. The van der Waals surface area contributed by atoms with E-state index in [2.05, 4.69) is 20.6 Å². The third-order valence-corrected chi connectivity index (χ3v) is 2.66. The average molecular weight is 293 g/mol. The zero-order valence-corrected chi connectivity index (χ0v) is 11.3. The van der Waals surface area contributed by atoms with Crippen LogP contribution in [0.2, 0.25) is 0 Å². The van der Waals surface area contributed by atoms with Crippen molar-refractivity contribution in [3.8, 4) is 5.75 Å². The topological polar surface area (TPSA) is 102 Å². The van der Waals surface area contributed by atoms with E-state index in [1.807, 2.05) is 0 Å². The number of nitrogens with one attached hydrogen (secondary N) is 2. The molecule has 0 saturated heterocycles. The Kier molecular flexibility index (Phi) is 4.12. The van der Waals surface area contributed by atoms with E-state index in [4.69, 9.17) is 4.74 Å². The van der Waals surface area contributed by atoms with Gasteiger partial charge in [0.05, 0.1) is 17.7 Å². The second kappa shape index (κ2) is 5.99. The zero-order valence-electron chi connectivity index (χ0n) is 11.3. The summed E-state index contributed by atoms with van der Waals surface area (Å²) in [6, 6.07) is 3.77. The molecular formula is C12H12FN5O3. The second-order valence-electron chi connectivity index (χ2n) is 3.90. The van der Waals surface area contributed by atoms with Crippen LogP contribution in [0.1, 0.15) is 0 Å². The fourth-order valence-electron chi connectivity index (χ4n) is 1.72. The maximum absolute atomic E-state index is 13.1. The standard InChI is InChI=1S/C12H12FN5O3/c1-14-11-10(18(19)20)12(16-6-15-11)17-8-4-3-7(13)5-9(8)21-2/h3-6H,1-2H3,(H2,14,15,16,17). The summed E-state index contributed by atoms with van der Waals surface area (Å²) in [5.41, 5.74) is 0.0362. The summed E-state index contributed by atoms with van der Waals surface area (Å²) in [6.07, 6.45) is 1.18. The molecule has 0 radical (unpaired) electrons. The van der Waals surface area contributed by atoms with Crippen molar-refractivity contribution in [2.45, 2.75) is 0 Å². The van der Waals surface area contributed by atoms with Crippen LogP contribution in [-0.2, 0) is 0 Å². The van der Waals surface area contributed by atoms with Crippen LogP contribution in [0, 0.1) is 15.9 Å². The SMILES string of the molecule is CNc1ncnc(Nc2ccc(F)cc2OC)c1[N+](=O)[O-]. The smallest absolute Gasteiger partial charge is 0.353 e. The number of ether oxygens (including phenoxy) is 1. The Labute approximate surface area is 119 Å². The van der Waals surface area contributed by atoms with E-state index in [-0.39, 0.29) is 23.1 Å². The molecule has 8 nitrogen and oxygen atoms in total. The molecule has 1 aromatic carbocycles. The summed E-state index contributed by atoms with van der Waals surface area (Å²) in [5.74, 6) is -0.234. The van der Waals surface area contributed by atoms with Gasteiger partial charge in [-0.1, -0.05) is 0 Å². The van der Waals surface area contributed by atoms with Crippen LogP contribution in [0.25, 0.3) is 0 Å². The predicted molar refractivity (Wildman–Crippen MR) is 74.5 cm³/mol. The van der Waals surface area contributed by atoms with Gasteiger partial charge in [0.15, 0.2) is 0 Å². The molecule has 0 unspecified atom stereocenters. The monoisotopic (exact) mass is 293 g/mol. The molecule has 21 heavy (non-hydrogen) atoms. The molecule has 0 saturated carbocycles. The fourth-order valence-corrected chi connectivity index (χ4v) is 1.72. The highest BCUT2D eigenvalue weighted by Crippen LogP contribution is 2.34. The van der Waals surface area contributed by atoms with Gasteiger partial charge in [-0.25, -0.2) is 14.4 Å². The van der Waals surface area contributed by atoms with Crippen molar-refractivity contribution < 1.29 is 14.1 Å². The lowest BCUT2D eigenvalue weighted by Crippen LogP contribution is -2.06. The van der Waals surface area contributed by atoms with Gasteiger partial charge in [0, 0.05) is 13.1 Å². The zero-order chi connectivity index (χ0) is 15.4. The van der Waals surface area contributed by atoms with Gasteiger partial charge in [-0.3, -0.25) is 10.1 Å². The Hall–Kier alpha value is -2.97. The number of nitro groups is 1. The van der Waals surface area contributed by atoms with Gasteiger partial charge in [0.25, 0.3) is 0 Å². The van der Waals surface area contributed by atoms with E-state index in [1.165, 1.54) is 32.6 Å². The number of aromatic nitrogens is 2. The molecule has 1 aromatic heterocycles. The summed E-state index contributed by atoms with van der Waals surface area (Å²) >= 11 is 0. The van der Waals surface area contributed by atoms with E-state index in [0.717, 1.165) is 6.07 Å². The third-order valence-electron chi connectivity index (χ3n) is 2.66. The number of methoxy groups -OCH3 is 1. The van der Waals surface area contributed by atoms with Crippen LogP contribution in [0.15, 0.2) is 24.5 Å². The first-order valence-corrected chi connectivity index (χ1v) is 5.84. The van der Waals surface area contributed by atoms with Crippen molar-refractivity contribution in [2.24, 2.45) is 0 Å². The number of hydrogen-bond acceptors (Lipinski definition) is 7. The highest BCUT2D eigenvalue weighted by atomic mass is 19.1. The highest BCUT2D eigenvalue weighted by Gasteiger charge is 2.23. The van der Waals surface area contributed by atoms with Crippen molar-refractivity contribution in [1.29, 1.82) is 0 Å². The quantitative estimate of drug-likeness (QED) is 0.644. The Balaban J connectivity index is 2.47. The van der Waals surface area contributed by atoms with Crippen LogP contribution in [0.4, 0.5) is 27.4 Å². The van der Waals surface area contributed by atoms with Crippen molar-refractivity contribution in [3.63, 3.8) is 0 Å². The molecule has 0 aliphatic carbocycles. The van der Waals surface area contributed by atoms with E-state index in [1.54, 1.807) is 0 Å². The maximum Gasteiger partial charge on any atom is 0.353 e. The molecule has 0 atom stereocenters. The normalized spacial score (nSPS) is 10.0. The van der Waals surface area contributed by atoms with E-state index in [0.29, 0.717) is 5.69 Å². The van der Waals surface area contributed by atoms with Crippen molar-refractivity contribution in [1.82, 2.24) is 9.97 Å². The Morgan fingerprint density at radius 2 is 2.05 bits per heavy atom. The lowest BCUT2D eigenvalue weighted by Gasteiger charge is -2.11. The summed E-state index contributed by atoms with van der Waals surface area (Å²) in [5, 5.41) is 16.5. The minimum Gasteiger partial charge on any atom is -0.494 e. The number of anilines is 3. The molecule has 0 fully saturated rings. The molecule has 0 aliphatic rings.